The van der Waals surface area contributed by atoms with Gasteiger partial charge in [-0.3, -0.25) is 4.99 Å². The molecule has 0 aliphatic rings. The van der Waals surface area contributed by atoms with Gasteiger partial charge in [-0.25, -0.2) is 13.8 Å². The predicted octanol–water partition coefficient (Wildman–Crippen LogP) is 7.06. The molecule has 0 saturated heterocycles. The molecule has 0 N–H and O–H groups in total. The van der Waals surface area contributed by atoms with Crippen molar-refractivity contribution in [1.29, 1.82) is 0 Å². The molecule has 0 spiro atoms. The first-order valence-electron chi connectivity index (χ1n) is 9.95. The second-order valence-electron chi connectivity index (χ2n) is 7.50. The molecule has 2 aromatic heterocycles. The third kappa shape index (κ3) is 3.79. The van der Waals surface area contributed by atoms with Crippen molar-refractivity contribution in [3.63, 3.8) is 0 Å². The van der Waals surface area contributed by atoms with Crippen LogP contribution >= 0.6 is 0 Å². The van der Waals surface area contributed by atoms with E-state index in [1.54, 1.807) is 13.1 Å². The van der Waals surface area contributed by atoms with Crippen LogP contribution in [0, 0.1) is 25.5 Å². The quantitative estimate of drug-likeness (QED) is 0.264. The van der Waals surface area contributed by atoms with Crippen LogP contribution in [0.15, 0.2) is 64.0 Å². The highest BCUT2D eigenvalue weighted by atomic mass is 19.2. The summed E-state index contributed by atoms with van der Waals surface area (Å²) in [6.45, 7) is 5.91. The number of furan rings is 1. The SMILES string of the molecule is CN=C/C(=C\C=C(/C)c1c(C)ccc2c1oc1nc(C)ccc12)c1cccc(F)c1F. The van der Waals surface area contributed by atoms with E-state index in [0.29, 0.717) is 11.3 Å². The summed E-state index contributed by atoms with van der Waals surface area (Å²) in [5.74, 6) is -1.78. The maximum atomic E-state index is 14.3. The maximum absolute atomic E-state index is 14.3. The summed E-state index contributed by atoms with van der Waals surface area (Å²) in [5, 5.41) is 1.96. The lowest BCUT2D eigenvalue weighted by molar-refractivity contribution is 0.506. The van der Waals surface area contributed by atoms with Gasteiger partial charge in [0.05, 0.1) is 0 Å². The summed E-state index contributed by atoms with van der Waals surface area (Å²) in [6, 6.07) is 12.2. The Balaban J connectivity index is 1.88. The average Bonchev–Trinajstić information content (AvgIpc) is 3.10. The van der Waals surface area contributed by atoms with Gasteiger partial charge in [-0.2, -0.15) is 0 Å². The summed E-state index contributed by atoms with van der Waals surface area (Å²) < 4.78 is 34.2. The van der Waals surface area contributed by atoms with Crippen molar-refractivity contribution in [2.75, 3.05) is 7.05 Å². The highest BCUT2D eigenvalue weighted by Crippen LogP contribution is 2.35. The zero-order chi connectivity index (χ0) is 22.1. The van der Waals surface area contributed by atoms with Crippen LogP contribution < -0.4 is 0 Å². The summed E-state index contributed by atoms with van der Waals surface area (Å²) >= 11 is 0. The minimum absolute atomic E-state index is 0.160. The summed E-state index contributed by atoms with van der Waals surface area (Å²) in [7, 11) is 1.59. The van der Waals surface area contributed by atoms with Gasteiger partial charge in [-0.1, -0.05) is 36.4 Å². The Morgan fingerprint density at radius 1 is 1.00 bits per heavy atom. The van der Waals surface area contributed by atoms with Crippen molar-refractivity contribution in [3.8, 4) is 0 Å². The lowest BCUT2D eigenvalue weighted by Gasteiger charge is -2.08. The lowest BCUT2D eigenvalue weighted by atomic mass is 9.97. The number of halogens is 2. The normalized spacial score (nSPS) is 13.1. The van der Waals surface area contributed by atoms with E-state index in [1.165, 1.54) is 18.3 Å². The molecule has 0 saturated carbocycles. The van der Waals surface area contributed by atoms with Gasteiger partial charge >= 0.3 is 0 Å². The molecule has 0 atom stereocenters. The Labute approximate surface area is 179 Å². The monoisotopic (exact) mass is 416 g/mol. The summed E-state index contributed by atoms with van der Waals surface area (Å²) in [5.41, 5.74) is 5.82. The zero-order valence-electron chi connectivity index (χ0n) is 17.8. The van der Waals surface area contributed by atoms with Gasteiger partial charge in [0.25, 0.3) is 0 Å². The number of nitrogens with zero attached hydrogens (tertiary/aromatic N) is 2. The van der Waals surface area contributed by atoms with Crippen LogP contribution in [0.3, 0.4) is 0 Å². The fraction of sp³-hybridized carbons (Fsp3) is 0.154. The minimum Gasteiger partial charge on any atom is -0.437 e. The minimum atomic E-state index is -0.892. The zero-order valence-corrected chi connectivity index (χ0v) is 17.8. The van der Waals surface area contributed by atoms with Crippen molar-refractivity contribution in [3.05, 3.63) is 88.6 Å². The van der Waals surface area contributed by atoms with Crippen LogP contribution in [0.4, 0.5) is 8.78 Å². The van der Waals surface area contributed by atoms with Crippen molar-refractivity contribution >= 4 is 39.4 Å². The smallest absolute Gasteiger partial charge is 0.227 e. The highest BCUT2D eigenvalue weighted by molar-refractivity contribution is 6.11. The van der Waals surface area contributed by atoms with Crippen LogP contribution in [0.25, 0.3) is 33.2 Å². The summed E-state index contributed by atoms with van der Waals surface area (Å²) in [6.07, 6.45) is 5.13. The van der Waals surface area contributed by atoms with Gasteiger partial charge in [0.1, 0.15) is 5.58 Å². The molecule has 0 fully saturated rings. The highest BCUT2D eigenvalue weighted by Gasteiger charge is 2.15. The number of allylic oxidation sites excluding steroid dienone is 4. The number of hydrogen-bond acceptors (Lipinski definition) is 3. The topological polar surface area (TPSA) is 38.4 Å². The Morgan fingerprint density at radius 2 is 1.77 bits per heavy atom. The Bertz CT molecular complexity index is 1390. The van der Waals surface area contributed by atoms with Crippen LogP contribution in [0.1, 0.15) is 29.3 Å². The molecule has 4 aromatic rings. The Morgan fingerprint density at radius 3 is 2.55 bits per heavy atom. The molecule has 156 valence electrons. The van der Waals surface area contributed by atoms with E-state index in [-0.39, 0.29) is 5.56 Å². The molecule has 0 aliphatic heterocycles. The van der Waals surface area contributed by atoms with Gasteiger partial charge in [0.2, 0.25) is 5.71 Å². The average molecular weight is 416 g/mol. The molecule has 0 amide bonds. The largest absolute Gasteiger partial charge is 0.437 e. The maximum Gasteiger partial charge on any atom is 0.227 e. The fourth-order valence-corrected chi connectivity index (χ4v) is 3.77. The van der Waals surface area contributed by atoms with Crippen molar-refractivity contribution in [1.82, 2.24) is 4.98 Å². The Hall–Kier alpha value is -3.60. The van der Waals surface area contributed by atoms with Gasteiger partial charge in [-0.15, -0.1) is 0 Å². The van der Waals surface area contributed by atoms with Crippen molar-refractivity contribution < 1.29 is 13.2 Å². The van der Waals surface area contributed by atoms with Crippen LogP contribution in [-0.2, 0) is 0 Å². The predicted molar refractivity (Wildman–Crippen MR) is 123 cm³/mol. The molecule has 2 heterocycles. The molecule has 0 bridgehead atoms. The van der Waals surface area contributed by atoms with E-state index in [1.807, 2.05) is 51.1 Å². The molecule has 5 heteroatoms. The van der Waals surface area contributed by atoms with Crippen molar-refractivity contribution in [2.24, 2.45) is 4.99 Å². The van der Waals surface area contributed by atoms with E-state index < -0.39 is 11.6 Å². The van der Waals surface area contributed by atoms with E-state index in [9.17, 15) is 8.78 Å². The van der Waals surface area contributed by atoms with Gasteiger partial charge in [-0.05, 0) is 50.1 Å². The van der Waals surface area contributed by atoms with Gasteiger partial charge < -0.3 is 4.42 Å². The standard InChI is InChI=1S/C26H22F2N2O/c1-15(8-11-18(14-29-4)19-6-5-7-22(27)24(19)28)23-16(2)9-12-20-21-13-10-17(3)30-26(21)31-25(20)23/h5-14H,1-4H3/b15-8+,18-11+,29-14?. The number of aliphatic imine (C=N–C) groups is 1. The number of aromatic nitrogens is 1. The molecular weight excluding hydrogens is 394 g/mol. The number of fused-ring (bicyclic) bond motifs is 3. The molecule has 3 nitrogen and oxygen atoms in total. The van der Waals surface area contributed by atoms with Crippen LogP contribution in [0.2, 0.25) is 0 Å². The number of benzene rings is 2. The fourth-order valence-electron chi connectivity index (χ4n) is 3.77. The molecule has 4 rings (SSSR count). The van der Waals surface area contributed by atoms with Gasteiger partial charge in [0.15, 0.2) is 11.6 Å². The van der Waals surface area contributed by atoms with Crippen LogP contribution in [0.5, 0.6) is 0 Å². The first kappa shape index (κ1) is 20.7. The molecule has 31 heavy (non-hydrogen) atoms. The van der Waals surface area contributed by atoms with E-state index in [2.05, 4.69) is 9.98 Å². The second-order valence-corrected chi connectivity index (χ2v) is 7.50. The van der Waals surface area contributed by atoms with Crippen molar-refractivity contribution in [2.45, 2.75) is 20.8 Å². The Kier molecular flexibility index (Phi) is 5.51. The number of aryl methyl sites for hydroxylation is 2. The first-order valence-corrected chi connectivity index (χ1v) is 9.95. The molecule has 0 aliphatic carbocycles. The van der Waals surface area contributed by atoms with E-state index in [4.69, 9.17) is 4.42 Å². The second kappa shape index (κ2) is 8.26. The molecule has 0 radical (unpaired) electrons. The molecule has 2 aromatic carbocycles. The number of rotatable bonds is 4. The number of pyridine rings is 1. The van der Waals surface area contributed by atoms with E-state index >= 15 is 0 Å². The van der Waals surface area contributed by atoms with E-state index in [0.717, 1.165) is 44.8 Å². The summed E-state index contributed by atoms with van der Waals surface area (Å²) in [4.78, 5) is 8.51. The number of hydrogen-bond donors (Lipinski definition) is 0. The molecule has 0 unspecified atom stereocenters. The lowest BCUT2D eigenvalue weighted by Crippen LogP contribution is -1.95. The first-order chi connectivity index (χ1) is 14.9. The third-order valence-electron chi connectivity index (χ3n) is 5.29. The van der Waals surface area contributed by atoms with Crippen LogP contribution in [-0.4, -0.2) is 18.2 Å². The van der Waals surface area contributed by atoms with Gasteiger partial charge in [0, 0.05) is 46.4 Å². The third-order valence-corrected chi connectivity index (χ3v) is 5.29. The molecular formula is C26H22F2N2O.